The summed E-state index contributed by atoms with van der Waals surface area (Å²) in [6.07, 6.45) is 47.6. The van der Waals surface area contributed by atoms with Crippen LogP contribution in [0, 0.1) is 11.8 Å². The third-order valence-corrected chi connectivity index (χ3v) is 10.1. The van der Waals surface area contributed by atoms with Crippen molar-refractivity contribution in [3.8, 4) is 0 Å². The quantitative estimate of drug-likeness (QED) is 0.0373. The third-order valence-electron chi connectivity index (χ3n) is 10.1. The lowest BCUT2D eigenvalue weighted by Gasteiger charge is -2.18. The van der Waals surface area contributed by atoms with Gasteiger partial charge in [-0.25, -0.2) is 0 Å². The van der Waals surface area contributed by atoms with E-state index in [9.17, 15) is 4.79 Å². The van der Waals surface area contributed by atoms with Crippen molar-refractivity contribution in [1.82, 2.24) is 4.90 Å². The van der Waals surface area contributed by atoms with Gasteiger partial charge in [-0.1, -0.05) is 155 Å². The van der Waals surface area contributed by atoms with Gasteiger partial charge in [-0.2, -0.15) is 0 Å². The van der Waals surface area contributed by atoms with Crippen LogP contribution in [0.3, 0.4) is 0 Å². The van der Waals surface area contributed by atoms with E-state index >= 15 is 0 Å². The summed E-state index contributed by atoms with van der Waals surface area (Å²) in [5, 5.41) is 0. The van der Waals surface area contributed by atoms with Gasteiger partial charge >= 0.3 is 5.97 Å². The number of unbranched alkanes of at least 4 members (excludes halogenated alkanes) is 16. The maximum Gasteiger partial charge on any atom is 0.306 e. The fourth-order valence-electron chi connectivity index (χ4n) is 6.78. The van der Waals surface area contributed by atoms with Gasteiger partial charge in [-0.3, -0.25) is 4.79 Å². The van der Waals surface area contributed by atoms with Crippen molar-refractivity contribution >= 4 is 5.97 Å². The molecule has 0 saturated carbocycles. The Kier molecular flexibility index (Phi) is 36.3. The zero-order valence-electron chi connectivity index (χ0n) is 33.7. The van der Waals surface area contributed by atoms with Crippen molar-refractivity contribution in [1.29, 1.82) is 0 Å². The van der Waals surface area contributed by atoms with Gasteiger partial charge in [0.1, 0.15) is 6.10 Å². The van der Waals surface area contributed by atoms with E-state index < -0.39 is 0 Å². The topological polar surface area (TPSA) is 29.5 Å². The normalized spacial score (nSPS) is 14.0. The molecular formula is C45H87NO2. The van der Waals surface area contributed by atoms with Gasteiger partial charge in [0.15, 0.2) is 0 Å². The Morgan fingerprint density at radius 2 is 0.854 bits per heavy atom. The number of ether oxygens (including phenoxy) is 1. The standard InChI is InChI=1S/C45H87NO2/c1-7-9-11-27-34-42(3)36-29-23-19-15-13-17-21-25-31-38-44(48-45(47)40-33-41-46(5)6)39-32-26-22-18-14-16-20-24-30-37-43(4)35-28-12-10-8-2/h13-16,42-44H,7-12,17-41H2,1-6H3/b15-13-,16-14-. The van der Waals surface area contributed by atoms with Gasteiger partial charge < -0.3 is 9.64 Å². The second kappa shape index (κ2) is 37.2. The molecule has 48 heavy (non-hydrogen) atoms. The molecule has 0 aliphatic carbocycles. The SMILES string of the molecule is CCCCCCC(C)CCCC/C=C\CCCCCC(CCCCC/C=C\CCCCC(C)CCCCCC)OC(=O)CCCN(C)C. The van der Waals surface area contributed by atoms with Gasteiger partial charge in [-0.15, -0.1) is 0 Å². The summed E-state index contributed by atoms with van der Waals surface area (Å²) < 4.78 is 6.01. The summed E-state index contributed by atoms with van der Waals surface area (Å²) in [5.74, 6) is 1.80. The lowest BCUT2D eigenvalue weighted by atomic mass is 9.96. The Morgan fingerprint density at radius 3 is 1.25 bits per heavy atom. The molecule has 2 atom stereocenters. The van der Waals surface area contributed by atoms with Crippen molar-refractivity contribution in [2.24, 2.45) is 11.8 Å². The summed E-state index contributed by atoms with van der Waals surface area (Å²) in [4.78, 5) is 14.7. The second-order valence-electron chi connectivity index (χ2n) is 15.7. The van der Waals surface area contributed by atoms with Crippen molar-refractivity contribution < 1.29 is 9.53 Å². The summed E-state index contributed by atoms with van der Waals surface area (Å²) >= 11 is 0. The number of hydrogen-bond acceptors (Lipinski definition) is 3. The first-order chi connectivity index (χ1) is 23.4. The number of nitrogens with zero attached hydrogens (tertiary/aromatic N) is 1. The number of hydrogen-bond donors (Lipinski definition) is 0. The van der Waals surface area contributed by atoms with Gasteiger partial charge in [0, 0.05) is 6.42 Å². The molecule has 0 aromatic rings. The highest BCUT2D eigenvalue weighted by Gasteiger charge is 2.14. The first kappa shape index (κ1) is 46.9. The average Bonchev–Trinajstić information content (AvgIpc) is 3.06. The van der Waals surface area contributed by atoms with E-state index in [2.05, 4.69) is 71.0 Å². The maximum atomic E-state index is 12.6. The zero-order valence-corrected chi connectivity index (χ0v) is 33.7. The van der Waals surface area contributed by atoms with Gasteiger partial charge in [-0.05, 0) is 116 Å². The van der Waals surface area contributed by atoms with Crippen molar-refractivity contribution in [3.63, 3.8) is 0 Å². The van der Waals surface area contributed by atoms with Crippen LogP contribution in [0.25, 0.3) is 0 Å². The van der Waals surface area contributed by atoms with Crippen molar-refractivity contribution in [3.05, 3.63) is 24.3 Å². The minimum atomic E-state index is 0.00416. The fourth-order valence-corrected chi connectivity index (χ4v) is 6.78. The maximum absolute atomic E-state index is 12.6. The molecule has 0 aromatic carbocycles. The van der Waals surface area contributed by atoms with E-state index in [4.69, 9.17) is 4.74 Å². The minimum absolute atomic E-state index is 0.00416. The van der Waals surface area contributed by atoms with Gasteiger partial charge in [0.2, 0.25) is 0 Å². The van der Waals surface area contributed by atoms with Crippen LogP contribution < -0.4 is 0 Å². The molecule has 0 saturated heterocycles. The Balaban J connectivity index is 4.08. The van der Waals surface area contributed by atoms with E-state index in [-0.39, 0.29) is 12.1 Å². The molecular weight excluding hydrogens is 587 g/mol. The van der Waals surface area contributed by atoms with Crippen LogP contribution in [0.5, 0.6) is 0 Å². The van der Waals surface area contributed by atoms with E-state index in [0.717, 1.165) is 37.6 Å². The second-order valence-corrected chi connectivity index (χ2v) is 15.7. The molecule has 0 spiro atoms. The molecule has 2 unspecified atom stereocenters. The first-order valence-corrected chi connectivity index (χ1v) is 21.5. The number of rotatable bonds is 37. The van der Waals surface area contributed by atoms with Crippen LogP contribution in [-0.2, 0) is 9.53 Å². The van der Waals surface area contributed by atoms with Crippen LogP contribution >= 0.6 is 0 Å². The molecule has 284 valence electrons. The van der Waals surface area contributed by atoms with E-state index in [1.54, 1.807) is 0 Å². The zero-order chi connectivity index (χ0) is 35.3. The largest absolute Gasteiger partial charge is 0.462 e. The van der Waals surface area contributed by atoms with Crippen LogP contribution in [0.2, 0.25) is 0 Å². The van der Waals surface area contributed by atoms with Crippen molar-refractivity contribution in [2.75, 3.05) is 20.6 Å². The molecule has 0 heterocycles. The number of esters is 1. The van der Waals surface area contributed by atoms with Gasteiger partial charge in [0.25, 0.3) is 0 Å². The number of carbonyl (C=O) groups excluding carboxylic acids is 1. The summed E-state index contributed by atoms with van der Waals surface area (Å²) in [6.45, 7) is 10.4. The lowest BCUT2D eigenvalue weighted by molar-refractivity contribution is -0.150. The molecule has 0 aliphatic heterocycles. The predicted octanol–water partition coefficient (Wildman–Crippen LogP) is 14.6. The summed E-state index contributed by atoms with van der Waals surface area (Å²) in [6, 6.07) is 0. The molecule has 0 aromatic heterocycles. The molecule has 3 heteroatoms. The van der Waals surface area contributed by atoms with E-state index in [1.165, 1.54) is 167 Å². The number of carbonyl (C=O) groups is 1. The minimum Gasteiger partial charge on any atom is -0.462 e. The molecule has 0 amide bonds. The highest BCUT2D eigenvalue weighted by atomic mass is 16.5. The Labute approximate surface area is 302 Å². The molecule has 0 bridgehead atoms. The van der Waals surface area contributed by atoms with Crippen LogP contribution in [0.4, 0.5) is 0 Å². The molecule has 0 N–H and O–H groups in total. The number of allylic oxidation sites excluding steroid dienone is 4. The van der Waals surface area contributed by atoms with Crippen LogP contribution in [-0.4, -0.2) is 37.6 Å². The third kappa shape index (κ3) is 36.2. The molecule has 0 aliphatic rings. The van der Waals surface area contributed by atoms with Gasteiger partial charge in [0.05, 0.1) is 0 Å². The lowest BCUT2D eigenvalue weighted by Crippen LogP contribution is -2.20. The van der Waals surface area contributed by atoms with Crippen LogP contribution in [0.15, 0.2) is 24.3 Å². The molecule has 3 nitrogen and oxygen atoms in total. The Bertz CT molecular complexity index is 668. The molecule has 0 radical (unpaired) electrons. The van der Waals surface area contributed by atoms with Crippen molar-refractivity contribution in [2.45, 2.75) is 226 Å². The summed E-state index contributed by atoms with van der Waals surface area (Å²) in [5.41, 5.74) is 0. The molecule has 0 rings (SSSR count). The smallest absolute Gasteiger partial charge is 0.306 e. The van der Waals surface area contributed by atoms with E-state index in [0.29, 0.717) is 6.42 Å². The fraction of sp³-hybridized carbons (Fsp3) is 0.889. The summed E-state index contributed by atoms with van der Waals surface area (Å²) in [7, 11) is 4.13. The highest BCUT2D eigenvalue weighted by Crippen LogP contribution is 2.20. The Morgan fingerprint density at radius 1 is 0.500 bits per heavy atom. The van der Waals surface area contributed by atoms with E-state index in [1.807, 2.05) is 0 Å². The van der Waals surface area contributed by atoms with Crippen LogP contribution in [0.1, 0.15) is 220 Å². The first-order valence-electron chi connectivity index (χ1n) is 21.5. The Hall–Kier alpha value is -1.09. The predicted molar refractivity (Wildman–Crippen MR) is 215 cm³/mol. The molecule has 0 fully saturated rings. The average molecular weight is 674 g/mol. The monoisotopic (exact) mass is 674 g/mol. The highest BCUT2D eigenvalue weighted by molar-refractivity contribution is 5.69.